The van der Waals surface area contributed by atoms with Crippen LogP contribution >= 0.6 is 11.3 Å². The van der Waals surface area contributed by atoms with E-state index >= 15 is 0 Å². The summed E-state index contributed by atoms with van der Waals surface area (Å²) in [5.74, 6) is 0.373. The number of thiophene rings is 1. The number of carbonyl (C=O) groups excluding carboxylic acids is 1. The maximum absolute atomic E-state index is 12.1. The van der Waals surface area contributed by atoms with Crippen LogP contribution in [0.3, 0.4) is 0 Å². The van der Waals surface area contributed by atoms with Crippen molar-refractivity contribution < 1.29 is 4.79 Å². The fourth-order valence-corrected chi connectivity index (χ4v) is 2.40. The Morgan fingerprint density at radius 2 is 2.10 bits per heavy atom. The Morgan fingerprint density at radius 3 is 2.76 bits per heavy atom. The third-order valence-corrected chi connectivity index (χ3v) is 3.54. The Balaban J connectivity index is 1.74. The van der Waals surface area contributed by atoms with Gasteiger partial charge in [0, 0.05) is 16.5 Å². The second kappa shape index (κ2) is 5.64. The first-order chi connectivity index (χ1) is 10.3. The number of ketones is 1. The molecule has 0 bridgehead atoms. The lowest BCUT2D eigenvalue weighted by Gasteiger charge is -1.99. The summed E-state index contributed by atoms with van der Waals surface area (Å²) < 4.78 is 0. The minimum atomic E-state index is -0.131. The maximum Gasteiger partial charge on any atom is 0.205 e. The van der Waals surface area contributed by atoms with E-state index in [1.165, 1.54) is 4.80 Å². The van der Waals surface area contributed by atoms with Gasteiger partial charge in [-0.25, -0.2) is 0 Å². The summed E-state index contributed by atoms with van der Waals surface area (Å²) in [6.45, 7) is 0.0169. The van der Waals surface area contributed by atoms with Crippen LogP contribution in [0.25, 0.3) is 11.4 Å². The van der Waals surface area contributed by atoms with Gasteiger partial charge in [0.2, 0.25) is 5.82 Å². The Kier molecular flexibility index (Phi) is 3.53. The summed E-state index contributed by atoms with van der Waals surface area (Å²) in [7, 11) is 0. The Labute approximate surface area is 124 Å². The highest BCUT2D eigenvalue weighted by molar-refractivity contribution is 7.08. The van der Waals surface area contributed by atoms with Crippen molar-refractivity contribution in [2.75, 3.05) is 0 Å². The van der Waals surface area contributed by atoms with Crippen LogP contribution < -0.4 is 0 Å². The van der Waals surface area contributed by atoms with E-state index in [0.717, 1.165) is 5.56 Å². The molecule has 0 atom stereocenters. The molecular weight excluding hydrogens is 286 g/mol. The number of aromatic nitrogens is 4. The molecule has 7 heteroatoms. The minimum Gasteiger partial charge on any atom is -0.292 e. The fraction of sp³-hybridized carbons (Fsp3) is 0.0714. The van der Waals surface area contributed by atoms with E-state index in [1.807, 2.05) is 22.9 Å². The summed E-state index contributed by atoms with van der Waals surface area (Å²) in [6, 6.07) is 10.4. The highest BCUT2D eigenvalue weighted by Crippen LogP contribution is 2.16. The second-order valence-electron chi connectivity index (χ2n) is 4.27. The van der Waals surface area contributed by atoms with Gasteiger partial charge in [-0.15, -0.1) is 10.2 Å². The molecule has 0 spiro atoms. The topological polar surface area (TPSA) is 84.5 Å². The predicted molar refractivity (Wildman–Crippen MR) is 76.6 cm³/mol. The van der Waals surface area contributed by atoms with Crippen LogP contribution in [0.5, 0.6) is 0 Å². The lowest BCUT2D eigenvalue weighted by atomic mass is 10.1. The zero-order valence-corrected chi connectivity index (χ0v) is 11.6. The number of benzene rings is 1. The molecule has 0 unspecified atom stereocenters. The van der Waals surface area contributed by atoms with Crippen molar-refractivity contribution in [3.05, 3.63) is 52.2 Å². The summed E-state index contributed by atoms with van der Waals surface area (Å²) in [6.07, 6.45) is 0. The smallest absolute Gasteiger partial charge is 0.205 e. The maximum atomic E-state index is 12.1. The molecule has 0 radical (unpaired) electrons. The third-order valence-electron chi connectivity index (χ3n) is 2.85. The number of nitrogens with zero attached hydrogens (tertiary/aromatic N) is 5. The molecule has 0 saturated carbocycles. The first-order valence-electron chi connectivity index (χ1n) is 6.10. The van der Waals surface area contributed by atoms with Crippen LogP contribution in [0.4, 0.5) is 0 Å². The van der Waals surface area contributed by atoms with Gasteiger partial charge in [-0.1, -0.05) is 12.1 Å². The fourth-order valence-electron chi connectivity index (χ4n) is 1.77. The van der Waals surface area contributed by atoms with Crippen LogP contribution in [-0.2, 0) is 6.54 Å². The van der Waals surface area contributed by atoms with Crippen molar-refractivity contribution in [3.63, 3.8) is 0 Å². The van der Waals surface area contributed by atoms with Gasteiger partial charge in [0.05, 0.1) is 11.6 Å². The van der Waals surface area contributed by atoms with Crippen molar-refractivity contribution in [2.45, 2.75) is 6.54 Å². The largest absolute Gasteiger partial charge is 0.292 e. The van der Waals surface area contributed by atoms with Crippen LogP contribution in [0.15, 0.2) is 41.1 Å². The number of carbonyl (C=O) groups is 1. The average molecular weight is 295 g/mol. The molecule has 0 saturated heterocycles. The predicted octanol–water partition coefficient (Wildman–Crippen LogP) is 2.16. The number of hydrogen-bond acceptors (Lipinski definition) is 6. The van der Waals surface area contributed by atoms with Crippen LogP contribution in [0, 0.1) is 11.3 Å². The molecule has 6 nitrogen and oxygen atoms in total. The molecule has 102 valence electrons. The molecule has 0 aliphatic heterocycles. The van der Waals surface area contributed by atoms with Gasteiger partial charge in [-0.2, -0.15) is 21.4 Å². The highest BCUT2D eigenvalue weighted by Gasteiger charge is 2.11. The van der Waals surface area contributed by atoms with Crippen LogP contribution in [0.1, 0.15) is 15.9 Å². The molecule has 0 N–H and O–H groups in total. The highest BCUT2D eigenvalue weighted by atomic mass is 32.1. The first kappa shape index (κ1) is 13.1. The summed E-state index contributed by atoms with van der Waals surface area (Å²) in [5, 5.41) is 24.6. The molecular formula is C14H9N5OS. The molecule has 3 aromatic rings. The van der Waals surface area contributed by atoms with Crippen molar-refractivity contribution >= 4 is 17.1 Å². The van der Waals surface area contributed by atoms with Gasteiger partial charge < -0.3 is 0 Å². The number of Topliss-reactive ketones (excluding diaryl/α,β-unsaturated/α-hetero) is 1. The molecule has 0 aliphatic carbocycles. The molecule has 21 heavy (non-hydrogen) atoms. The van der Waals surface area contributed by atoms with E-state index in [0.29, 0.717) is 17.0 Å². The van der Waals surface area contributed by atoms with Gasteiger partial charge >= 0.3 is 0 Å². The zero-order chi connectivity index (χ0) is 14.7. The Bertz CT molecular complexity index is 799. The van der Waals surface area contributed by atoms with Gasteiger partial charge in [0.1, 0.15) is 6.54 Å². The SMILES string of the molecule is N#Cc1ccc(C(=O)Cn2nnc(-c3ccsc3)n2)cc1. The number of rotatable bonds is 4. The van der Waals surface area contributed by atoms with E-state index in [-0.39, 0.29) is 12.3 Å². The van der Waals surface area contributed by atoms with Gasteiger partial charge in [-0.3, -0.25) is 4.79 Å². The van der Waals surface area contributed by atoms with Crippen LogP contribution in [0.2, 0.25) is 0 Å². The van der Waals surface area contributed by atoms with E-state index in [9.17, 15) is 4.79 Å². The Morgan fingerprint density at radius 1 is 1.29 bits per heavy atom. The van der Waals surface area contributed by atoms with Crippen LogP contribution in [-0.4, -0.2) is 26.0 Å². The summed E-state index contributed by atoms with van der Waals surface area (Å²) in [5.41, 5.74) is 1.92. The van der Waals surface area contributed by atoms with Gasteiger partial charge in [0.25, 0.3) is 0 Å². The van der Waals surface area contributed by atoms with Crippen molar-refractivity contribution in [2.24, 2.45) is 0 Å². The normalized spacial score (nSPS) is 10.2. The third kappa shape index (κ3) is 2.85. The van der Waals surface area contributed by atoms with E-state index in [1.54, 1.807) is 35.6 Å². The van der Waals surface area contributed by atoms with Gasteiger partial charge in [0.15, 0.2) is 5.78 Å². The quantitative estimate of drug-likeness (QED) is 0.688. The standard InChI is InChI=1S/C14H9N5OS/c15-7-10-1-3-11(4-2-10)13(20)8-19-17-14(16-18-19)12-5-6-21-9-12/h1-6,9H,8H2. The van der Waals surface area contributed by atoms with E-state index in [4.69, 9.17) is 5.26 Å². The van der Waals surface area contributed by atoms with Crippen molar-refractivity contribution in [1.82, 2.24) is 20.2 Å². The van der Waals surface area contributed by atoms with Crippen molar-refractivity contribution in [3.8, 4) is 17.5 Å². The molecule has 1 aromatic carbocycles. The van der Waals surface area contributed by atoms with Gasteiger partial charge in [-0.05, 0) is 28.8 Å². The molecule has 3 rings (SSSR count). The number of nitriles is 1. The monoisotopic (exact) mass is 295 g/mol. The number of tetrazole rings is 1. The Hall–Kier alpha value is -2.85. The minimum absolute atomic E-state index is 0.0169. The molecule has 0 fully saturated rings. The van der Waals surface area contributed by atoms with E-state index in [2.05, 4.69) is 15.4 Å². The molecule has 2 heterocycles. The lowest BCUT2D eigenvalue weighted by Crippen LogP contribution is -2.13. The molecule has 2 aromatic heterocycles. The zero-order valence-electron chi connectivity index (χ0n) is 10.8. The molecule has 0 amide bonds. The summed E-state index contributed by atoms with van der Waals surface area (Å²) in [4.78, 5) is 13.4. The van der Waals surface area contributed by atoms with E-state index < -0.39 is 0 Å². The average Bonchev–Trinajstić information content (AvgIpc) is 3.18. The summed E-state index contributed by atoms with van der Waals surface area (Å²) >= 11 is 1.55. The second-order valence-corrected chi connectivity index (χ2v) is 5.05. The first-order valence-corrected chi connectivity index (χ1v) is 7.04. The van der Waals surface area contributed by atoms with Crippen molar-refractivity contribution in [1.29, 1.82) is 5.26 Å². The molecule has 0 aliphatic rings. The lowest BCUT2D eigenvalue weighted by molar-refractivity contribution is 0.0961. The number of hydrogen-bond donors (Lipinski definition) is 0.